The van der Waals surface area contributed by atoms with Gasteiger partial charge >= 0.3 is 6.36 Å². The van der Waals surface area contributed by atoms with Crippen molar-refractivity contribution >= 4 is 31.6 Å². The summed E-state index contributed by atoms with van der Waals surface area (Å²) in [5, 5.41) is 0. The molecule has 1 heterocycles. The molecule has 0 saturated carbocycles. The summed E-state index contributed by atoms with van der Waals surface area (Å²) in [6.45, 7) is 0. The van der Waals surface area contributed by atoms with E-state index in [1.807, 2.05) is 0 Å². The minimum Gasteiger partial charge on any atom is -0.386 e. The number of nitrogens with zero attached hydrogens (tertiary/aromatic N) is 1. The van der Waals surface area contributed by atoms with Gasteiger partial charge in [0.15, 0.2) is 0 Å². The number of halogens is 6. The molecule has 24 heavy (non-hydrogen) atoms. The van der Waals surface area contributed by atoms with E-state index in [0.717, 1.165) is 12.3 Å². The molecular weight excluding hydrogens is 427 g/mol. The van der Waals surface area contributed by atoms with Crippen LogP contribution in [-0.4, -0.2) is 19.8 Å². The topological polar surface area (TPSA) is 68.3 Å². The standard InChI is InChI=1S/C12H6BrF5N2O3S/c13-6-3-9(11(19-5-6)23-12(16,17)18)20-24(21,22)10-2-1-7(14)4-8(10)15/h1-5,20H. The van der Waals surface area contributed by atoms with Crippen LogP contribution in [0.5, 0.6) is 5.88 Å². The summed E-state index contributed by atoms with van der Waals surface area (Å²) in [7, 11) is -4.66. The predicted octanol–water partition coefficient (Wildman–Crippen LogP) is 3.82. The Morgan fingerprint density at radius 3 is 2.42 bits per heavy atom. The molecule has 0 aliphatic rings. The fourth-order valence-corrected chi connectivity index (χ4v) is 3.02. The molecule has 0 bridgehead atoms. The Kier molecular flexibility index (Phi) is 4.99. The zero-order valence-electron chi connectivity index (χ0n) is 11.2. The summed E-state index contributed by atoms with van der Waals surface area (Å²) < 4.78 is 93.1. The first-order valence-electron chi connectivity index (χ1n) is 5.87. The summed E-state index contributed by atoms with van der Waals surface area (Å²) in [4.78, 5) is 2.35. The Hall–Kier alpha value is -1.95. The third-order valence-corrected chi connectivity index (χ3v) is 4.29. The number of benzene rings is 1. The van der Waals surface area contributed by atoms with Crippen molar-refractivity contribution in [3.63, 3.8) is 0 Å². The molecule has 1 aromatic heterocycles. The third kappa shape index (κ3) is 4.54. The van der Waals surface area contributed by atoms with E-state index in [2.05, 4.69) is 25.7 Å². The van der Waals surface area contributed by atoms with Gasteiger partial charge in [0.2, 0.25) is 5.88 Å². The van der Waals surface area contributed by atoms with Crippen LogP contribution < -0.4 is 9.46 Å². The molecule has 0 fully saturated rings. The van der Waals surface area contributed by atoms with Gasteiger partial charge in [0.1, 0.15) is 22.2 Å². The van der Waals surface area contributed by atoms with Crippen molar-refractivity contribution in [1.82, 2.24) is 4.98 Å². The molecule has 1 N–H and O–H groups in total. The number of rotatable bonds is 4. The summed E-state index contributed by atoms with van der Waals surface area (Å²) >= 11 is 2.91. The molecule has 1 aromatic carbocycles. The number of anilines is 1. The van der Waals surface area contributed by atoms with E-state index in [1.54, 1.807) is 4.72 Å². The predicted molar refractivity (Wildman–Crippen MR) is 75.8 cm³/mol. The van der Waals surface area contributed by atoms with Gasteiger partial charge < -0.3 is 4.74 Å². The van der Waals surface area contributed by atoms with Gasteiger partial charge in [0.25, 0.3) is 10.0 Å². The van der Waals surface area contributed by atoms with E-state index < -0.39 is 44.5 Å². The summed E-state index contributed by atoms with van der Waals surface area (Å²) in [6, 6.07) is 2.57. The van der Waals surface area contributed by atoms with Gasteiger partial charge in [-0.05, 0) is 34.1 Å². The highest BCUT2D eigenvalue weighted by molar-refractivity contribution is 9.10. The number of ether oxygens (including phenoxy) is 1. The molecule has 2 rings (SSSR count). The van der Waals surface area contributed by atoms with Crippen LogP contribution in [0.2, 0.25) is 0 Å². The quantitative estimate of drug-likeness (QED) is 0.745. The first-order chi connectivity index (χ1) is 11.0. The number of sulfonamides is 1. The summed E-state index contributed by atoms with van der Waals surface area (Å²) in [5.41, 5.74) is -0.689. The van der Waals surface area contributed by atoms with E-state index in [0.29, 0.717) is 18.2 Å². The average molecular weight is 433 g/mol. The largest absolute Gasteiger partial charge is 0.574 e. The summed E-state index contributed by atoms with van der Waals surface area (Å²) in [6.07, 6.45) is -4.18. The third-order valence-electron chi connectivity index (χ3n) is 2.46. The Balaban J connectivity index is 2.44. The zero-order valence-corrected chi connectivity index (χ0v) is 13.6. The van der Waals surface area contributed by atoms with Gasteiger partial charge in [-0.3, -0.25) is 4.72 Å². The first kappa shape index (κ1) is 18.4. The second kappa shape index (κ2) is 6.51. The fraction of sp³-hybridized carbons (Fsp3) is 0.0833. The van der Waals surface area contributed by atoms with Crippen LogP contribution in [0.15, 0.2) is 39.8 Å². The lowest BCUT2D eigenvalue weighted by molar-refractivity contribution is -0.275. The van der Waals surface area contributed by atoms with Crippen LogP contribution in [-0.2, 0) is 10.0 Å². The number of hydrogen-bond acceptors (Lipinski definition) is 4. The highest BCUT2D eigenvalue weighted by Gasteiger charge is 2.34. The van der Waals surface area contributed by atoms with Crippen molar-refractivity contribution in [1.29, 1.82) is 0 Å². The molecule has 0 radical (unpaired) electrons. The molecule has 12 heteroatoms. The first-order valence-corrected chi connectivity index (χ1v) is 8.15. The molecular formula is C12H6BrF5N2O3S. The van der Waals surface area contributed by atoms with Crippen LogP contribution >= 0.6 is 15.9 Å². The molecule has 0 aliphatic heterocycles. The van der Waals surface area contributed by atoms with Crippen LogP contribution in [0.1, 0.15) is 0 Å². The van der Waals surface area contributed by atoms with Crippen LogP contribution in [0.3, 0.4) is 0 Å². The van der Waals surface area contributed by atoms with Crippen LogP contribution in [0.4, 0.5) is 27.6 Å². The monoisotopic (exact) mass is 432 g/mol. The van der Waals surface area contributed by atoms with Crippen molar-refractivity contribution < 1.29 is 35.1 Å². The maximum atomic E-state index is 13.6. The van der Waals surface area contributed by atoms with Gasteiger partial charge in [-0.25, -0.2) is 22.2 Å². The lowest BCUT2D eigenvalue weighted by atomic mass is 10.3. The van der Waals surface area contributed by atoms with Crippen LogP contribution in [0.25, 0.3) is 0 Å². The smallest absolute Gasteiger partial charge is 0.386 e. The molecule has 0 aliphatic carbocycles. The Labute approximate surface area is 140 Å². The van der Waals surface area contributed by atoms with Crippen molar-refractivity contribution in [2.24, 2.45) is 0 Å². The highest BCUT2D eigenvalue weighted by atomic mass is 79.9. The van der Waals surface area contributed by atoms with Gasteiger partial charge in [-0.1, -0.05) is 0 Å². The molecule has 0 saturated heterocycles. The van der Waals surface area contributed by atoms with Gasteiger partial charge in [0.05, 0.1) is 0 Å². The Bertz CT molecular complexity index is 873. The summed E-state index contributed by atoms with van der Waals surface area (Å²) in [5.74, 6) is -3.52. The number of alkyl halides is 3. The number of aromatic nitrogens is 1. The van der Waals surface area contributed by atoms with Gasteiger partial charge in [0, 0.05) is 16.7 Å². The second-order valence-corrected chi connectivity index (χ2v) is 6.80. The molecule has 0 amide bonds. The van der Waals surface area contributed by atoms with Crippen molar-refractivity contribution in [2.45, 2.75) is 11.3 Å². The van der Waals surface area contributed by atoms with Gasteiger partial charge in [-0.15, -0.1) is 13.2 Å². The van der Waals surface area contributed by atoms with E-state index in [4.69, 9.17) is 0 Å². The average Bonchev–Trinajstić information content (AvgIpc) is 2.39. The lowest BCUT2D eigenvalue weighted by Crippen LogP contribution is -2.21. The Morgan fingerprint density at radius 2 is 1.83 bits per heavy atom. The maximum Gasteiger partial charge on any atom is 0.574 e. The molecule has 5 nitrogen and oxygen atoms in total. The highest BCUT2D eigenvalue weighted by Crippen LogP contribution is 2.32. The fourth-order valence-electron chi connectivity index (χ4n) is 1.58. The SMILES string of the molecule is O=S(=O)(Nc1cc(Br)cnc1OC(F)(F)F)c1ccc(F)cc1F. The van der Waals surface area contributed by atoms with E-state index >= 15 is 0 Å². The molecule has 130 valence electrons. The number of pyridine rings is 1. The molecule has 0 atom stereocenters. The minimum atomic E-state index is -5.12. The van der Waals surface area contributed by atoms with Crippen molar-refractivity contribution in [3.05, 3.63) is 46.6 Å². The minimum absolute atomic E-state index is 0.134. The zero-order chi connectivity index (χ0) is 18.1. The molecule has 0 unspecified atom stereocenters. The number of nitrogens with one attached hydrogen (secondary N) is 1. The van der Waals surface area contributed by atoms with Crippen molar-refractivity contribution in [2.75, 3.05) is 4.72 Å². The van der Waals surface area contributed by atoms with Crippen molar-refractivity contribution in [3.8, 4) is 5.88 Å². The number of hydrogen-bond donors (Lipinski definition) is 1. The maximum absolute atomic E-state index is 13.6. The molecule has 0 spiro atoms. The van der Waals surface area contributed by atoms with E-state index in [1.165, 1.54) is 0 Å². The van der Waals surface area contributed by atoms with E-state index in [9.17, 15) is 30.4 Å². The second-order valence-electron chi connectivity index (χ2n) is 4.23. The van der Waals surface area contributed by atoms with Crippen LogP contribution in [0, 0.1) is 11.6 Å². The normalized spacial score (nSPS) is 12.1. The Morgan fingerprint density at radius 1 is 1.17 bits per heavy atom. The van der Waals surface area contributed by atoms with Gasteiger partial charge in [-0.2, -0.15) is 0 Å². The van der Waals surface area contributed by atoms with E-state index in [-0.39, 0.29) is 4.47 Å². The lowest BCUT2D eigenvalue weighted by Gasteiger charge is -2.14. The molecule has 2 aromatic rings.